The van der Waals surface area contributed by atoms with Gasteiger partial charge in [-0.15, -0.1) is 0 Å². The van der Waals surface area contributed by atoms with Crippen LogP contribution in [0.25, 0.3) is 11.3 Å². The normalized spacial score (nSPS) is 11.6. The smallest absolute Gasteiger partial charge is 0.390 e. The first-order valence-corrected chi connectivity index (χ1v) is 5.73. The minimum atomic E-state index is -4.40. The van der Waals surface area contributed by atoms with Gasteiger partial charge < -0.3 is 5.11 Å². The molecule has 2 rings (SSSR count). The topological polar surface area (TPSA) is 33.1 Å². The van der Waals surface area contributed by atoms with Crippen LogP contribution in [0.4, 0.5) is 13.2 Å². The lowest BCUT2D eigenvalue weighted by atomic mass is 10.1. The molecule has 0 saturated carbocycles. The second kappa shape index (κ2) is 5.19. The van der Waals surface area contributed by atoms with Crippen molar-refractivity contribution in [3.63, 3.8) is 0 Å². The molecule has 0 bridgehead atoms. The molecule has 0 aliphatic heterocycles. The lowest BCUT2D eigenvalue weighted by Crippen LogP contribution is -2.04. The number of aliphatic hydroxyl groups excluding tert-OH is 1. The zero-order valence-electron chi connectivity index (χ0n) is 9.58. The monoisotopic (exact) mass is 287 g/mol. The van der Waals surface area contributed by atoms with Gasteiger partial charge in [0.1, 0.15) is 0 Å². The second-order valence-corrected chi connectivity index (χ2v) is 4.27. The third-order valence-electron chi connectivity index (χ3n) is 2.55. The third-order valence-corrected chi connectivity index (χ3v) is 2.90. The van der Waals surface area contributed by atoms with E-state index in [4.69, 9.17) is 16.7 Å². The van der Waals surface area contributed by atoms with Gasteiger partial charge in [0.05, 0.1) is 28.6 Å². The van der Waals surface area contributed by atoms with E-state index in [1.54, 1.807) is 0 Å². The zero-order chi connectivity index (χ0) is 14.0. The summed E-state index contributed by atoms with van der Waals surface area (Å²) in [5.41, 5.74) is 0.143. The van der Waals surface area contributed by atoms with Crippen LogP contribution in [0, 0.1) is 0 Å². The Bertz CT molecular complexity index is 599. The molecule has 19 heavy (non-hydrogen) atoms. The van der Waals surface area contributed by atoms with Gasteiger partial charge in [0.2, 0.25) is 0 Å². The summed E-state index contributed by atoms with van der Waals surface area (Å²) in [7, 11) is 0. The molecular formula is C13H9ClF3NO. The van der Waals surface area contributed by atoms with Crippen LogP contribution in [-0.2, 0) is 12.8 Å². The van der Waals surface area contributed by atoms with Crippen LogP contribution in [0.5, 0.6) is 0 Å². The van der Waals surface area contributed by atoms with Gasteiger partial charge in [-0.05, 0) is 24.3 Å². The highest BCUT2D eigenvalue weighted by Gasteiger charge is 2.30. The van der Waals surface area contributed by atoms with Crippen molar-refractivity contribution in [1.29, 1.82) is 0 Å². The Kier molecular flexibility index (Phi) is 3.78. The first-order chi connectivity index (χ1) is 8.91. The highest BCUT2D eigenvalue weighted by Crippen LogP contribution is 2.32. The van der Waals surface area contributed by atoms with E-state index in [2.05, 4.69) is 4.98 Å². The molecule has 2 aromatic rings. The highest BCUT2D eigenvalue weighted by atomic mass is 35.5. The predicted molar refractivity (Wildman–Crippen MR) is 65.6 cm³/mol. The van der Waals surface area contributed by atoms with Crippen molar-refractivity contribution >= 4 is 11.6 Å². The van der Waals surface area contributed by atoms with Gasteiger partial charge >= 0.3 is 6.18 Å². The number of benzene rings is 1. The molecule has 0 fully saturated rings. The Hall–Kier alpha value is -1.59. The number of pyridine rings is 1. The maximum Gasteiger partial charge on any atom is 0.416 e. The number of hydrogen-bond acceptors (Lipinski definition) is 2. The van der Waals surface area contributed by atoms with E-state index in [0.29, 0.717) is 11.3 Å². The first kappa shape index (κ1) is 13.8. The van der Waals surface area contributed by atoms with E-state index in [0.717, 1.165) is 12.1 Å². The summed E-state index contributed by atoms with van der Waals surface area (Å²) in [6.45, 7) is -0.369. The SMILES string of the molecule is OCc1nc(-c2cccc(C(F)(F)F)c2)ccc1Cl. The minimum Gasteiger partial charge on any atom is -0.390 e. The van der Waals surface area contributed by atoms with Gasteiger partial charge in [-0.3, -0.25) is 0 Å². The first-order valence-electron chi connectivity index (χ1n) is 5.35. The minimum absolute atomic E-state index is 0.233. The van der Waals surface area contributed by atoms with Gasteiger partial charge in [0, 0.05) is 5.56 Å². The van der Waals surface area contributed by atoms with Crippen LogP contribution in [-0.4, -0.2) is 10.1 Å². The van der Waals surface area contributed by atoms with E-state index in [1.807, 2.05) is 0 Å². The van der Waals surface area contributed by atoms with Crippen LogP contribution >= 0.6 is 11.6 Å². The third kappa shape index (κ3) is 3.05. The fraction of sp³-hybridized carbons (Fsp3) is 0.154. The molecule has 1 heterocycles. The average Bonchev–Trinajstić information content (AvgIpc) is 2.38. The van der Waals surface area contributed by atoms with Gasteiger partial charge in [-0.2, -0.15) is 13.2 Å². The van der Waals surface area contributed by atoms with Crippen LogP contribution in [0.2, 0.25) is 5.02 Å². The van der Waals surface area contributed by atoms with Crippen molar-refractivity contribution in [1.82, 2.24) is 4.98 Å². The fourth-order valence-electron chi connectivity index (χ4n) is 1.61. The maximum absolute atomic E-state index is 12.6. The standard InChI is InChI=1S/C13H9ClF3NO/c14-10-4-5-11(18-12(10)7-19)8-2-1-3-9(6-8)13(15,16)17/h1-6,19H,7H2. The van der Waals surface area contributed by atoms with Gasteiger partial charge in [-0.25, -0.2) is 4.98 Å². The van der Waals surface area contributed by atoms with Crippen molar-refractivity contribution in [2.75, 3.05) is 0 Å². The Balaban J connectivity index is 2.47. The quantitative estimate of drug-likeness (QED) is 0.908. The maximum atomic E-state index is 12.6. The van der Waals surface area contributed by atoms with E-state index in [1.165, 1.54) is 24.3 Å². The summed E-state index contributed by atoms with van der Waals surface area (Å²) >= 11 is 5.79. The van der Waals surface area contributed by atoms with Gasteiger partial charge in [0.25, 0.3) is 0 Å². The molecule has 0 atom stereocenters. The van der Waals surface area contributed by atoms with E-state index < -0.39 is 11.7 Å². The van der Waals surface area contributed by atoms with Crippen molar-refractivity contribution in [3.05, 3.63) is 52.7 Å². The molecule has 0 aliphatic rings. The molecule has 0 unspecified atom stereocenters. The summed E-state index contributed by atoms with van der Waals surface area (Å²) in [5.74, 6) is 0. The number of aliphatic hydroxyl groups is 1. The molecule has 1 aromatic carbocycles. The lowest BCUT2D eigenvalue weighted by molar-refractivity contribution is -0.137. The van der Waals surface area contributed by atoms with E-state index in [-0.39, 0.29) is 17.3 Å². The van der Waals surface area contributed by atoms with Crippen molar-refractivity contribution in [2.45, 2.75) is 12.8 Å². The molecule has 1 N–H and O–H groups in total. The Labute approximate surface area is 112 Å². The zero-order valence-corrected chi connectivity index (χ0v) is 10.3. The van der Waals surface area contributed by atoms with Crippen LogP contribution in [0.1, 0.15) is 11.3 Å². The number of rotatable bonds is 2. The van der Waals surface area contributed by atoms with Crippen molar-refractivity contribution < 1.29 is 18.3 Å². The summed E-state index contributed by atoms with van der Waals surface area (Å²) < 4.78 is 37.8. The molecule has 0 amide bonds. The molecule has 0 spiro atoms. The van der Waals surface area contributed by atoms with Crippen LogP contribution < -0.4 is 0 Å². The van der Waals surface area contributed by atoms with Gasteiger partial charge in [-0.1, -0.05) is 23.7 Å². The second-order valence-electron chi connectivity index (χ2n) is 3.86. The van der Waals surface area contributed by atoms with Crippen molar-refractivity contribution in [3.8, 4) is 11.3 Å². The number of aromatic nitrogens is 1. The molecule has 0 saturated heterocycles. The lowest BCUT2D eigenvalue weighted by Gasteiger charge is -2.09. The number of halogens is 4. The summed E-state index contributed by atoms with van der Waals surface area (Å²) in [5, 5.41) is 9.32. The molecule has 100 valence electrons. The number of hydrogen-bond donors (Lipinski definition) is 1. The van der Waals surface area contributed by atoms with Gasteiger partial charge in [0.15, 0.2) is 0 Å². The van der Waals surface area contributed by atoms with E-state index >= 15 is 0 Å². The van der Waals surface area contributed by atoms with Crippen molar-refractivity contribution in [2.24, 2.45) is 0 Å². The Morgan fingerprint density at radius 1 is 1.16 bits per heavy atom. The molecule has 0 aliphatic carbocycles. The van der Waals surface area contributed by atoms with Crippen LogP contribution in [0.15, 0.2) is 36.4 Å². The molecule has 6 heteroatoms. The van der Waals surface area contributed by atoms with Crippen LogP contribution in [0.3, 0.4) is 0 Å². The molecule has 1 aromatic heterocycles. The number of nitrogens with zero attached hydrogens (tertiary/aromatic N) is 1. The summed E-state index contributed by atoms with van der Waals surface area (Å²) in [6.07, 6.45) is -4.40. The molecular weight excluding hydrogens is 279 g/mol. The Morgan fingerprint density at radius 2 is 1.89 bits per heavy atom. The number of alkyl halides is 3. The largest absolute Gasteiger partial charge is 0.416 e. The predicted octanol–water partition coefficient (Wildman–Crippen LogP) is 3.91. The van der Waals surface area contributed by atoms with E-state index in [9.17, 15) is 13.2 Å². The average molecular weight is 288 g/mol. The highest BCUT2D eigenvalue weighted by molar-refractivity contribution is 6.31. The molecule has 2 nitrogen and oxygen atoms in total. The summed E-state index contributed by atoms with van der Waals surface area (Å²) in [4.78, 5) is 4.03. The Morgan fingerprint density at radius 3 is 2.53 bits per heavy atom. The molecule has 0 radical (unpaired) electrons. The fourth-order valence-corrected chi connectivity index (χ4v) is 1.78. The summed E-state index contributed by atoms with van der Waals surface area (Å²) in [6, 6.07) is 7.84.